The summed E-state index contributed by atoms with van der Waals surface area (Å²) >= 11 is 0. The molecule has 2 aromatic carbocycles. The fourth-order valence-corrected chi connectivity index (χ4v) is 6.64. The second-order valence-corrected chi connectivity index (χ2v) is 11.5. The van der Waals surface area contributed by atoms with Crippen LogP contribution in [0.4, 0.5) is 4.39 Å². The zero-order valence-electron chi connectivity index (χ0n) is 22.5. The molecule has 0 unspecified atom stereocenters. The molecule has 0 radical (unpaired) electrons. The summed E-state index contributed by atoms with van der Waals surface area (Å²) in [5.41, 5.74) is 3.08. The first-order valence-electron chi connectivity index (χ1n) is 13.9. The molecular weight excluding hydrogens is 481 g/mol. The topological polar surface area (TPSA) is 69.7 Å². The van der Waals surface area contributed by atoms with Gasteiger partial charge in [0.25, 0.3) is 0 Å². The lowest BCUT2D eigenvalue weighted by atomic mass is 9.91. The largest absolute Gasteiger partial charge is 0.343 e. The van der Waals surface area contributed by atoms with E-state index >= 15 is 0 Å². The van der Waals surface area contributed by atoms with E-state index in [1.165, 1.54) is 10.5 Å². The van der Waals surface area contributed by atoms with E-state index in [-0.39, 0.29) is 42.5 Å². The predicted molar refractivity (Wildman–Crippen MR) is 144 cm³/mol. The van der Waals surface area contributed by atoms with E-state index in [0.29, 0.717) is 24.9 Å². The quantitative estimate of drug-likeness (QED) is 0.613. The van der Waals surface area contributed by atoms with Gasteiger partial charge < -0.3 is 15.1 Å². The van der Waals surface area contributed by atoms with E-state index in [1.54, 1.807) is 6.92 Å². The Balaban J connectivity index is 1.35. The fraction of sp³-hybridized carbons (Fsp3) is 0.516. The van der Waals surface area contributed by atoms with Gasteiger partial charge in [-0.1, -0.05) is 68.4 Å². The van der Waals surface area contributed by atoms with Crippen molar-refractivity contribution < 1.29 is 18.8 Å². The number of rotatable bonds is 6. The van der Waals surface area contributed by atoms with Crippen molar-refractivity contribution in [1.29, 1.82) is 0 Å². The van der Waals surface area contributed by atoms with Crippen LogP contribution in [0.1, 0.15) is 68.7 Å². The summed E-state index contributed by atoms with van der Waals surface area (Å²) in [4.78, 5) is 42.6. The van der Waals surface area contributed by atoms with Gasteiger partial charge in [0.15, 0.2) is 0 Å². The van der Waals surface area contributed by atoms with Crippen molar-refractivity contribution in [1.82, 2.24) is 15.1 Å². The lowest BCUT2D eigenvalue weighted by Crippen LogP contribution is -2.49. The molecule has 0 bridgehead atoms. The van der Waals surface area contributed by atoms with Gasteiger partial charge >= 0.3 is 0 Å². The van der Waals surface area contributed by atoms with Crippen LogP contribution in [0.3, 0.4) is 0 Å². The molecule has 38 heavy (non-hydrogen) atoms. The monoisotopic (exact) mass is 519 g/mol. The molecule has 2 heterocycles. The smallest absolute Gasteiger partial charge is 0.243 e. The van der Waals surface area contributed by atoms with Crippen molar-refractivity contribution >= 4 is 17.7 Å². The van der Waals surface area contributed by atoms with Crippen LogP contribution in [0.5, 0.6) is 0 Å². The molecule has 6 nitrogen and oxygen atoms in total. The van der Waals surface area contributed by atoms with Crippen molar-refractivity contribution in [3.8, 4) is 0 Å². The minimum atomic E-state index is -1.23. The zero-order valence-corrected chi connectivity index (χ0v) is 22.5. The summed E-state index contributed by atoms with van der Waals surface area (Å²) in [6.07, 6.45) is 0.393. The standard InChI is InChI=1S/C31H38FN3O3/c1-19(2)21-9-11-23(12-10-21)29(22-7-5-4-6-8-22)33-30(37)28-15-25(32)17-35(28)31(38)26-14-13-24-16-34(20(3)36)18-27(24)26/h4-12,19,24-29H,13-18H2,1-3H3,(H,33,37)/t24-,25-,26+,27+,28+,29+/m1/s1. The minimum absolute atomic E-state index is 0.00571. The van der Waals surface area contributed by atoms with Gasteiger partial charge in [0.05, 0.1) is 12.6 Å². The summed E-state index contributed by atoms with van der Waals surface area (Å²) in [6, 6.07) is 16.7. The van der Waals surface area contributed by atoms with Gasteiger partial charge in [-0.2, -0.15) is 0 Å². The molecule has 3 fully saturated rings. The molecule has 3 aliphatic rings. The van der Waals surface area contributed by atoms with Gasteiger partial charge in [-0.25, -0.2) is 4.39 Å². The fourth-order valence-electron chi connectivity index (χ4n) is 6.64. The molecule has 3 amide bonds. The van der Waals surface area contributed by atoms with Gasteiger partial charge in [-0.3, -0.25) is 14.4 Å². The Kier molecular flexibility index (Phi) is 7.55. The van der Waals surface area contributed by atoms with Gasteiger partial charge in [-0.05, 0) is 47.3 Å². The minimum Gasteiger partial charge on any atom is -0.343 e. The highest BCUT2D eigenvalue weighted by atomic mass is 19.1. The summed E-state index contributed by atoms with van der Waals surface area (Å²) < 4.78 is 14.7. The second kappa shape index (κ2) is 10.9. The van der Waals surface area contributed by atoms with E-state index in [2.05, 4.69) is 31.3 Å². The first kappa shape index (κ1) is 26.4. The van der Waals surface area contributed by atoms with Crippen LogP contribution in [0.2, 0.25) is 0 Å². The number of fused-ring (bicyclic) bond motifs is 1. The summed E-state index contributed by atoms with van der Waals surface area (Å²) in [6.45, 7) is 7.04. The van der Waals surface area contributed by atoms with Gasteiger partial charge in [0.2, 0.25) is 17.7 Å². The lowest BCUT2D eigenvalue weighted by Gasteiger charge is -2.30. The van der Waals surface area contributed by atoms with Crippen molar-refractivity contribution in [2.45, 2.75) is 64.2 Å². The Labute approximate surface area is 224 Å². The number of hydrogen-bond donors (Lipinski definition) is 1. The number of likely N-dealkylation sites (tertiary alicyclic amines) is 2. The van der Waals surface area contributed by atoms with Gasteiger partial charge in [-0.15, -0.1) is 0 Å². The molecule has 202 valence electrons. The third-order valence-electron chi connectivity index (χ3n) is 8.81. The number of halogens is 1. The van der Waals surface area contributed by atoms with Crippen molar-refractivity contribution in [3.05, 3.63) is 71.3 Å². The molecule has 2 saturated heterocycles. The van der Waals surface area contributed by atoms with Crippen LogP contribution in [0.15, 0.2) is 54.6 Å². The molecule has 0 aromatic heterocycles. The lowest BCUT2D eigenvalue weighted by molar-refractivity contribution is -0.143. The van der Waals surface area contributed by atoms with Crippen molar-refractivity contribution in [2.24, 2.45) is 17.8 Å². The second-order valence-electron chi connectivity index (χ2n) is 11.5. The number of alkyl halides is 1. The predicted octanol–water partition coefficient (Wildman–Crippen LogP) is 4.46. The van der Waals surface area contributed by atoms with E-state index in [4.69, 9.17) is 0 Å². The maximum Gasteiger partial charge on any atom is 0.243 e. The third-order valence-corrected chi connectivity index (χ3v) is 8.81. The number of benzene rings is 2. The van der Waals surface area contributed by atoms with E-state index < -0.39 is 18.3 Å². The molecule has 7 heteroatoms. The molecule has 1 saturated carbocycles. The highest BCUT2D eigenvalue weighted by Gasteiger charge is 2.50. The number of nitrogens with one attached hydrogen (secondary N) is 1. The first-order valence-corrected chi connectivity index (χ1v) is 13.9. The molecule has 1 aliphatic carbocycles. The summed E-state index contributed by atoms with van der Waals surface area (Å²) in [5.74, 6) is 0.0866. The van der Waals surface area contributed by atoms with Crippen molar-refractivity contribution in [3.63, 3.8) is 0 Å². The number of carbonyl (C=O) groups is 3. The highest BCUT2D eigenvalue weighted by molar-refractivity contribution is 5.90. The maximum absolute atomic E-state index is 14.7. The Hall–Kier alpha value is -3.22. The van der Waals surface area contributed by atoms with Crippen LogP contribution >= 0.6 is 0 Å². The van der Waals surface area contributed by atoms with Crippen LogP contribution in [-0.2, 0) is 14.4 Å². The van der Waals surface area contributed by atoms with Crippen LogP contribution < -0.4 is 5.32 Å². The third kappa shape index (κ3) is 5.20. The van der Waals surface area contributed by atoms with Crippen LogP contribution in [0, 0.1) is 17.8 Å². The molecule has 1 N–H and O–H groups in total. The first-order chi connectivity index (χ1) is 18.2. The normalized spacial score (nSPS) is 27.4. The van der Waals surface area contributed by atoms with E-state index in [1.807, 2.05) is 47.4 Å². The van der Waals surface area contributed by atoms with Gasteiger partial charge in [0.1, 0.15) is 12.2 Å². The molecular formula is C31H38FN3O3. The van der Waals surface area contributed by atoms with E-state index in [0.717, 1.165) is 24.0 Å². The SMILES string of the molecule is CC(=O)N1C[C@H]2CC[C@H](C(=O)N3C[C@H](F)C[C@H]3C(=O)N[C@@H](c3ccccc3)c3ccc(C(C)C)cc3)[C@H]2C1. The van der Waals surface area contributed by atoms with Gasteiger partial charge in [0, 0.05) is 32.4 Å². The molecule has 6 atom stereocenters. The van der Waals surface area contributed by atoms with Crippen molar-refractivity contribution in [2.75, 3.05) is 19.6 Å². The molecule has 2 aliphatic heterocycles. The van der Waals surface area contributed by atoms with E-state index in [9.17, 15) is 18.8 Å². The highest BCUT2D eigenvalue weighted by Crippen LogP contribution is 2.44. The average Bonchev–Trinajstić information content (AvgIpc) is 3.61. The molecule has 2 aromatic rings. The zero-order chi connectivity index (χ0) is 27.0. The number of amides is 3. The number of hydrogen-bond acceptors (Lipinski definition) is 3. The summed E-state index contributed by atoms with van der Waals surface area (Å²) in [7, 11) is 0. The van der Waals surface area contributed by atoms with Crippen LogP contribution in [0.25, 0.3) is 0 Å². The Morgan fingerprint density at radius 3 is 2.21 bits per heavy atom. The summed E-state index contributed by atoms with van der Waals surface area (Å²) in [5, 5.41) is 3.15. The molecule has 5 rings (SSSR count). The Morgan fingerprint density at radius 2 is 1.55 bits per heavy atom. The Morgan fingerprint density at radius 1 is 0.895 bits per heavy atom. The Bertz CT molecular complexity index is 1170. The number of carbonyl (C=O) groups excluding carboxylic acids is 3. The molecule has 0 spiro atoms. The van der Waals surface area contributed by atoms with Crippen LogP contribution in [-0.4, -0.2) is 59.4 Å². The number of nitrogens with zero attached hydrogens (tertiary/aromatic N) is 2. The maximum atomic E-state index is 14.7. The average molecular weight is 520 g/mol.